The highest BCUT2D eigenvalue weighted by Crippen LogP contribution is 2.02. The van der Waals surface area contributed by atoms with Crippen molar-refractivity contribution in [1.29, 1.82) is 0 Å². The SMILES string of the molecule is COCCS(=O)(=O)NCCCC(C)CN. The van der Waals surface area contributed by atoms with Gasteiger partial charge in [-0.15, -0.1) is 0 Å². The van der Waals surface area contributed by atoms with Gasteiger partial charge in [0.2, 0.25) is 10.0 Å². The molecule has 0 aromatic carbocycles. The zero-order valence-electron chi connectivity index (χ0n) is 9.53. The lowest BCUT2D eigenvalue weighted by molar-refractivity contribution is 0.217. The molecule has 0 fully saturated rings. The van der Waals surface area contributed by atoms with Crippen molar-refractivity contribution in [2.45, 2.75) is 19.8 Å². The summed E-state index contributed by atoms with van der Waals surface area (Å²) in [5.74, 6) is 0.476. The summed E-state index contributed by atoms with van der Waals surface area (Å²) in [6.07, 6.45) is 1.77. The largest absolute Gasteiger partial charge is 0.384 e. The molecule has 0 bridgehead atoms. The molecule has 1 unspecified atom stereocenters. The Morgan fingerprint density at radius 2 is 2.13 bits per heavy atom. The smallest absolute Gasteiger partial charge is 0.213 e. The molecule has 0 saturated heterocycles. The molecule has 6 heteroatoms. The molecule has 0 aromatic heterocycles. The number of hydrogen-bond donors (Lipinski definition) is 2. The van der Waals surface area contributed by atoms with Gasteiger partial charge in [-0.25, -0.2) is 13.1 Å². The van der Waals surface area contributed by atoms with Gasteiger partial charge in [0, 0.05) is 13.7 Å². The summed E-state index contributed by atoms with van der Waals surface area (Å²) < 4.78 is 29.8. The van der Waals surface area contributed by atoms with Crippen LogP contribution in [-0.2, 0) is 14.8 Å². The zero-order chi connectivity index (χ0) is 11.7. The van der Waals surface area contributed by atoms with E-state index in [1.165, 1.54) is 7.11 Å². The van der Waals surface area contributed by atoms with Crippen LogP contribution in [0.4, 0.5) is 0 Å². The van der Waals surface area contributed by atoms with E-state index in [1.54, 1.807) is 0 Å². The van der Waals surface area contributed by atoms with Crippen molar-refractivity contribution in [3.63, 3.8) is 0 Å². The van der Waals surface area contributed by atoms with Gasteiger partial charge in [0.25, 0.3) is 0 Å². The maximum Gasteiger partial charge on any atom is 0.213 e. The Hall–Kier alpha value is -0.170. The van der Waals surface area contributed by atoms with Crippen molar-refractivity contribution in [3.8, 4) is 0 Å². The molecule has 92 valence electrons. The minimum absolute atomic E-state index is 0.0238. The molecule has 15 heavy (non-hydrogen) atoms. The Bertz CT molecular complexity index is 242. The quantitative estimate of drug-likeness (QED) is 0.551. The predicted octanol–water partition coefficient (Wildman–Crippen LogP) is -0.0728. The van der Waals surface area contributed by atoms with Gasteiger partial charge in [-0.05, 0) is 25.3 Å². The maximum absolute atomic E-state index is 11.3. The van der Waals surface area contributed by atoms with Crippen LogP contribution in [0.25, 0.3) is 0 Å². The first kappa shape index (κ1) is 14.8. The van der Waals surface area contributed by atoms with E-state index >= 15 is 0 Å². The van der Waals surface area contributed by atoms with Gasteiger partial charge >= 0.3 is 0 Å². The van der Waals surface area contributed by atoms with E-state index in [2.05, 4.69) is 11.6 Å². The molecule has 5 nitrogen and oxygen atoms in total. The van der Waals surface area contributed by atoms with E-state index in [9.17, 15) is 8.42 Å². The van der Waals surface area contributed by atoms with Crippen molar-refractivity contribution < 1.29 is 13.2 Å². The van der Waals surface area contributed by atoms with Crippen LogP contribution < -0.4 is 10.5 Å². The van der Waals surface area contributed by atoms with E-state index in [1.807, 2.05) is 0 Å². The molecule has 0 radical (unpaired) electrons. The first-order chi connectivity index (χ1) is 7.02. The fourth-order valence-electron chi connectivity index (χ4n) is 1.06. The van der Waals surface area contributed by atoms with Gasteiger partial charge in [0.05, 0.1) is 12.4 Å². The van der Waals surface area contributed by atoms with Gasteiger partial charge in [-0.2, -0.15) is 0 Å². The van der Waals surface area contributed by atoms with Gasteiger partial charge in [0.1, 0.15) is 0 Å². The van der Waals surface area contributed by atoms with Crippen LogP contribution in [0.3, 0.4) is 0 Å². The molecule has 0 saturated carbocycles. The number of sulfonamides is 1. The Morgan fingerprint density at radius 3 is 2.67 bits per heavy atom. The average Bonchev–Trinajstić information content (AvgIpc) is 2.21. The molecular formula is C9H22N2O3S. The maximum atomic E-state index is 11.3. The number of rotatable bonds is 9. The second-order valence-electron chi connectivity index (χ2n) is 3.69. The molecule has 0 spiro atoms. The molecule has 0 aliphatic rings. The third-order valence-electron chi connectivity index (χ3n) is 2.15. The Kier molecular flexibility index (Phi) is 7.95. The normalized spacial score (nSPS) is 14.1. The minimum Gasteiger partial charge on any atom is -0.384 e. The molecular weight excluding hydrogens is 216 g/mol. The lowest BCUT2D eigenvalue weighted by Gasteiger charge is -2.09. The Balaban J connectivity index is 3.57. The van der Waals surface area contributed by atoms with Crippen LogP contribution in [0.15, 0.2) is 0 Å². The third kappa shape index (κ3) is 8.80. The van der Waals surface area contributed by atoms with Crippen LogP contribution in [0, 0.1) is 5.92 Å². The van der Waals surface area contributed by atoms with Crippen LogP contribution >= 0.6 is 0 Å². The number of nitrogens with one attached hydrogen (secondary N) is 1. The Morgan fingerprint density at radius 1 is 1.47 bits per heavy atom. The third-order valence-corrected chi connectivity index (χ3v) is 3.50. The van der Waals surface area contributed by atoms with Crippen LogP contribution in [-0.4, -0.2) is 41.0 Å². The number of nitrogens with two attached hydrogens (primary N) is 1. The van der Waals surface area contributed by atoms with Crippen LogP contribution in [0.5, 0.6) is 0 Å². The molecule has 0 aliphatic heterocycles. The number of hydrogen-bond acceptors (Lipinski definition) is 4. The topological polar surface area (TPSA) is 81.4 Å². The molecule has 0 amide bonds. The highest BCUT2D eigenvalue weighted by atomic mass is 32.2. The summed E-state index contributed by atoms with van der Waals surface area (Å²) in [6.45, 7) is 3.42. The average molecular weight is 238 g/mol. The van der Waals surface area contributed by atoms with Crippen LogP contribution in [0.1, 0.15) is 19.8 Å². The van der Waals surface area contributed by atoms with Gasteiger partial charge in [0.15, 0.2) is 0 Å². The lowest BCUT2D eigenvalue weighted by atomic mass is 10.1. The standard InChI is InChI=1S/C9H22N2O3S/c1-9(8-10)4-3-5-11-15(12,13)7-6-14-2/h9,11H,3-8,10H2,1-2H3. The first-order valence-corrected chi connectivity index (χ1v) is 6.83. The molecule has 0 aromatic rings. The van der Waals surface area contributed by atoms with Gasteiger partial charge in [-0.1, -0.05) is 6.92 Å². The van der Waals surface area contributed by atoms with Crippen molar-refractivity contribution in [2.75, 3.05) is 32.6 Å². The van der Waals surface area contributed by atoms with E-state index in [4.69, 9.17) is 10.5 Å². The van der Waals surface area contributed by atoms with Gasteiger partial charge in [-0.3, -0.25) is 0 Å². The summed E-state index contributed by atoms with van der Waals surface area (Å²) in [7, 11) is -1.67. The summed E-state index contributed by atoms with van der Waals surface area (Å²) in [5.41, 5.74) is 5.45. The Labute approximate surface area is 92.4 Å². The minimum atomic E-state index is -3.15. The van der Waals surface area contributed by atoms with Crippen molar-refractivity contribution in [2.24, 2.45) is 11.7 Å². The van der Waals surface area contributed by atoms with Crippen molar-refractivity contribution in [3.05, 3.63) is 0 Å². The summed E-state index contributed by atoms with van der Waals surface area (Å²) >= 11 is 0. The first-order valence-electron chi connectivity index (χ1n) is 5.18. The molecule has 3 N–H and O–H groups in total. The summed E-state index contributed by atoms with van der Waals surface area (Å²) in [4.78, 5) is 0. The molecule has 0 aliphatic carbocycles. The lowest BCUT2D eigenvalue weighted by Crippen LogP contribution is -2.29. The highest BCUT2D eigenvalue weighted by Gasteiger charge is 2.08. The number of ether oxygens (including phenoxy) is 1. The predicted molar refractivity (Wildman–Crippen MR) is 61.1 cm³/mol. The highest BCUT2D eigenvalue weighted by molar-refractivity contribution is 7.89. The fourth-order valence-corrected chi connectivity index (χ4v) is 2.05. The fraction of sp³-hybridized carbons (Fsp3) is 1.00. The van der Waals surface area contributed by atoms with E-state index in [0.717, 1.165) is 12.8 Å². The van der Waals surface area contributed by atoms with Gasteiger partial charge < -0.3 is 10.5 Å². The van der Waals surface area contributed by atoms with Crippen molar-refractivity contribution >= 4 is 10.0 Å². The molecule has 0 heterocycles. The van der Waals surface area contributed by atoms with Crippen molar-refractivity contribution in [1.82, 2.24) is 4.72 Å². The van der Waals surface area contributed by atoms with E-state index in [-0.39, 0.29) is 12.4 Å². The zero-order valence-corrected chi connectivity index (χ0v) is 10.3. The van der Waals surface area contributed by atoms with E-state index in [0.29, 0.717) is 19.0 Å². The van der Waals surface area contributed by atoms with Crippen LogP contribution in [0.2, 0.25) is 0 Å². The second-order valence-corrected chi connectivity index (χ2v) is 5.62. The molecule has 1 atom stereocenters. The van der Waals surface area contributed by atoms with E-state index < -0.39 is 10.0 Å². The molecule has 0 rings (SSSR count). The number of methoxy groups -OCH3 is 1. The monoisotopic (exact) mass is 238 g/mol. The second kappa shape index (κ2) is 8.04. The summed E-state index contributed by atoms with van der Waals surface area (Å²) in [6, 6.07) is 0. The summed E-state index contributed by atoms with van der Waals surface area (Å²) in [5, 5.41) is 0.